The highest BCUT2D eigenvalue weighted by Gasteiger charge is 2.52. The van der Waals surface area contributed by atoms with Crippen LogP contribution in [0.5, 0.6) is 0 Å². The van der Waals surface area contributed by atoms with Crippen molar-refractivity contribution in [1.82, 2.24) is 0 Å². The molecule has 2 saturated carbocycles. The third-order valence-corrected chi connectivity index (χ3v) is 6.90. The molecule has 0 aromatic carbocycles. The van der Waals surface area contributed by atoms with Gasteiger partial charge in [-0.3, -0.25) is 0 Å². The van der Waals surface area contributed by atoms with E-state index in [0.717, 1.165) is 17.2 Å². The molecule has 0 unspecified atom stereocenters. The van der Waals surface area contributed by atoms with E-state index in [0.29, 0.717) is 10.8 Å². The highest BCUT2D eigenvalue weighted by atomic mass is 79.9. The average Bonchev–Trinajstić information content (AvgIpc) is 2.37. The van der Waals surface area contributed by atoms with E-state index < -0.39 is 0 Å². The minimum Gasteiger partial charge on any atom is -0.0996 e. The Hall–Kier alpha value is -0.0400. The van der Waals surface area contributed by atoms with E-state index >= 15 is 0 Å². The molecule has 2 aliphatic rings. The van der Waals surface area contributed by atoms with Gasteiger partial charge in [0.05, 0.1) is 0 Å². The first kappa shape index (κ1) is 17.3. The van der Waals surface area contributed by atoms with Crippen molar-refractivity contribution in [1.29, 1.82) is 0 Å². The zero-order chi connectivity index (χ0) is 15.7. The lowest BCUT2D eigenvalue weighted by atomic mass is 9.47. The topological polar surface area (TPSA) is 0 Å². The Labute approximate surface area is 140 Å². The van der Waals surface area contributed by atoms with Crippen LogP contribution in [0.2, 0.25) is 0 Å². The molecule has 1 heteroatoms. The number of rotatable bonds is 4. The van der Waals surface area contributed by atoms with E-state index in [2.05, 4.69) is 56.3 Å². The third-order valence-electron chi connectivity index (χ3n) is 6.57. The van der Waals surface area contributed by atoms with Crippen LogP contribution in [0, 0.1) is 22.7 Å². The summed E-state index contributed by atoms with van der Waals surface area (Å²) < 4.78 is 0. The Bertz CT molecular complexity index is 418. The maximum atomic E-state index is 4.47. The second kappa shape index (κ2) is 6.60. The van der Waals surface area contributed by atoms with Crippen LogP contribution in [-0.4, -0.2) is 5.33 Å². The van der Waals surface area contributed by atoms with E-state index in [-0.39, 0.29) is 0 Å². The largest absolute Gasteiger partial charge is 0.0996 e. The molecule has 2 rings (SSSR count). The number of hydrogen-bond donors (Lipinski definition) is 0. The third kappa shape index (κ3) is 3.49. The van der Waals surface area contributed by atoms with Gasteiger partial charge in [0.15, 0.2) is 0 Å². The molecule has 0 radical (unpaired) electrons. The van der Waals surface area contributed by atoms with Crippen LogP contribution in [0.15, 0.2) is 23.8 Å². The van der Waals surface area contributed by atoms with Crippen molar-refractivity contribution in [2.24, 2.45) is 22.7 Å². The summed E-state index contributed by atoms with van der Waals surface area (Å²) in [4.78, 5) is 0. The monoisotopic (exact) mass is 352 g/mol. The zero-order valence-corrected chi connectivity index (χ0v) is 16.1. The smallest absolute Gasteiger partial charge is 0.0214 e. The maximum absolute atomic E-state index is 4.47. The lowest BCUT2D eigenvalue weighted by Gasteiger charge is -2.58. The van der Waals surface area contributed by atoms with Crippen molar-refractivity contribution in [2.45, 2.75) is 72.6 Å². The molecule has 2 aliphatic carbocycles. The number of fused-ring (bicyclic) bond motifs is 1. The van der Waals surface area contributed by atoms with Gasteiger partial charge < -0.3 is 0 Å². The van der Waals surface area contributed by atoms with Crippen molar-refractivity contribution in [2.75, 3.05) is 5.33 Å². The van der Waals surface area contributed by atoms with Gasteiger partial charge in [-0.15, -0.1) is 0 Å². The summed E-state index contributed by atoms with van der Waals surface area (Å²) in [6, 6.07) is 0. The molecule has 2 fully saturated rings. The van der Waals surface area contributed by atoms with E-state index in [4.69, 9.17) is 0 Å². The summed E-state index contributed by atoms with van der Waals surface area (Å²) in [7, 11) is 0. The molecule has 0 spiro atoms. The lowest BCUT2D eigenvalue weighted by molar-refractivity contribution is -0.0539. The maximum Gasteiger partial charge on any atom is 0.0214 e. The molecule has 0 bridgehead atoms. The fourth-order valence-corrected chi connectivity index (χ4v) is 5.97. The van der Waals surface area contributed by atoms with Crippen LogP contribution in [0.1, 0.15) is 72.6 Å². The summed E-state index contributed by atoms with van der Waals surface area (Å²) in [6.45, 7) is 14.4. The van der Waals surface area contributed by atoms with Gasteiger partial charge in [-0.05, 0) is 68.1 Å². The minimum absolute atomic E-state index is 0.492. The van der Waals surface area contributed by atoms with E-state index in [9.17, 15) is 0 Å². The van der Waals surface area contributed by atoms with E-state index in [1.54, 1.807) is 0 Å². The van der Waals surface area contributed by atoms with Crippen molar-refractivity contribution in [3.63, 3.8) is 0 Å². The van der Waals surface area contributed by atoms with Gasteiger partial charge >= 0.3 is 0 Å². The first-order chi connectivity index (χ1) is 9.81. The summed E-state index contributed by atoms with van der Waals surface area (Å²) in [6.07, 6.45) is 11.7. The molecule has 0 saturated heterocycles. The molecule has 120 valence electrons. The van der Waals surface area contributed by atoms with Crippen LogP contribution in [0.25, 0.3) is 0 Å². The molecule has 0 nitrogen and oxygen atoms in total. The Morgan fingerprint density at radius 2 is 2.05 bits per heavy atom. The highest BCUT2D eigenvalue weighted by Crippen LogP contribution is 2.61. The van der Waals surface area contributed by atoms with Crippen molar-refractivity contribution < 1.29 is 0 Å². The molecule has 3 atom stereocenters. The van der Waals surface area contributed by atoms with Crippen molar-refractivity contribution in [3.8, 4) is 0 Å². The van der Waals surface area contributed by atoms with Gasteiger partial charge in [0.25, 0.3) is 0 Å². The summed E-state index contributed by atoms with van der Waals surface area (Å²) in [5.41, 5.74) is 4.08. The van der Waals surface area contributed by atoms with Crippen LogP contribution < -0.4 is 0 Å². The van der Waals surface area contributed by atoms with Crippen LogP contribution in [0.4, 0.5) is 0 Å². The van der Waals surface area contributed by atoms with E-state index in [1.807, 2.05) is 0 Å². The number of allylic oxidation sites excluding steroid dienone is 3. The predicted octanol–water partition coefficient (Wildman–Crippen LogP) is 6.91. The number of alkyl halides is 1. The average molecular weight is 353 g/mol. The summed E-state index contributed by atoms with van der Waals surface area (Å²) >= 11 is 3.51. The Kier molecular flexibility index (Phi) is 5.45. The van der Waals surface area contributed by atoms with Crippen LogP contribution in [0.3, 0.4) is 0 Å². The van der Waals surface area contributed by atoms with Gasteiger partial charge in [0, 0.05) is 5.33 Å². The SMILES string of the molecule is C=C1CC[C@H]2C(C)(C)CCC[C@]2(C)[C@H]1CC/C(C)=C/CBr. The number of hydrogen-bond acceptors (Lipinski definition) is 0. The second-order valence-electron chi connectivity index (χ2n) is 8.39. The molecule has 0 aromatic heterocycles. The van der Waals surface area contributed by atoms with Gasteiger partial charge in [0.2, 0.25) is 0 Å². The number of halogens is 1. The molecule has 0 aliphatic heterocycles. The van der Waals surface area contributed by atoms with Crippen LogP contribution in [-0.2, 0) is 0 Å². The normalized spacial score (nSPS) is 36.4. The Balaban J connectivity index is 2.17. The van der Waals surface area contributed by atoms with Gasteiger partial charge in [0.1, 0.15) is 0 Å². The fraction of sp³-hybridized carbons (Fsp3) is 0.800. The fourth-order valence-electron chi connectivity index (χ4n) is 5.41. The standard InChI is InChI=1S/C20H33Br/c1-15(11-14-21)7-9-17-16(2)8-10-18-19(3,4)12-6-13-20(17,18)5/h11,17-18H,2,6-10,12-14H2,1,3-5H3/b15-11+/t17-,18-,20+/m0/s1. The molecule has 0 amide bonds. The Morgan fingerprint density at radius 3 is 2.71 bits per heavy atom. The zero-order valence-electron chi connectivity index (χ0n) is 14.5. The molecular formula is C20H33Br. The predicted molar refractivity (Wildman–Crippen MR) is 97.9 cm³/mol. The van der Waals surface area contributed by atoms with Gasteiger partial charge in [-0.25, -0.2) is 0 Å². The quantitative estimate of drug-likeness (QED) is 0.381. The highest BCUT2D eigenvalue weighted by molar-refractivity contribution is 9.09. The minimum atomic E-state index is 0.492. The molecule has 21 heavy (non-hydrogen) atoms. The van der Waals surface area contributed by atoms with Gasteiger partial charge in [-0.2, -0.15) is 0 Å². The second-order valence-corrected chi connectivity index (χ2v) is 9.04. The van der Waals surface area contributed by atoms with Crippen molar-refractivity contribution >= 4 is 15.9 Å². The summed E-state index contributed by atoms with van der Waals surface area (Å²) in [5.74, 6) is 1.62. The van der Waals surface area contributed by atoms with Gasteiger partial charge in [-0.1, -0.05) is 66.9 Å². The lowest BCUT2D eigenvalue weighted by Crippen LogP contribution is -2.49. The molecule has 0 heterocycles. The first-order valence-electron chi connectivity index (χ1n) is 8.70. The first-order valence-corrected chi connectivity index (χ1v) is 9.82. The Morgan fingerprint density at radius 1 is 1.33 bits per heavy atom. The summed E-state index contributed by atoms with van der Waals surface area (Å²) in [5, 5.41) is 0.984. The van der Waals surface area contributed by atoms with E-state index in [1.165, 1.54) is 56.1 Å². The van der Waals surface area contributed by atoms with Crippen LogP contribution >= 0.6 is 15.9 Å². The molecule has 0 N–H and O–H groups in total. The molecular weight excluding hydrogens is 320 g/mol. The molecule has 0 aromatic rings. The van der Waals surface area contributed by atoms with Crippen molar-refractivity contribution in [3.05, 3.63) is 23.8 Å².